The van der Waals surface area contributed by atoms with Crippen LogP contribution in [0.5, 0.6) is 5.75 Å². The van der Waals surface area contributed by atoms with Crippen molar-refractivity contribution in [3.8, 4) is 5.75 Å². The number of rotatable bonds is 5. The van der Waals surface area contributed by atoms with Crippen LogP contribution in [0.1, 0.15) is 36.6 Å². The Kier molecular flexibility index (Phi) is 5.75. The van der Waals surface area contributed by atoms with E-state index in [2.05, 4.69) is 0 Å². The highest BCUT2D eigenvalue weighted by atomic mass is 32.2. The van der Waals surface area contributed by atoms with Crippen molar-refractivity contribution < 1.29 is 23.4 Å². The zero-order valence-electron chi connectivity index (χ0n) is 18.3. The summed E-state index contributed by atoms with van der Waals surface area (Å²) in [5, 5.41) is 21.1. The molecule has 3 aromatic carbocycles. The van der Waals surface area contributed by atoms with Gasteiger partial charge < -0.3 is 14.9 Å². The molecule has 1 aliphatic heterocycles. The number of fused-ring (bicyclic) bond motifs is 1. The topological polar surface area (TPSA) is 87.1 Å². The molecule has 0 amide bonds. The molecule has 2 atom stereocenters. The molecule has 3 aromatic rings. The Bertz CT molecular complexity index is 1210. The third kappa shape index (κ3) is 4.11. The number of hydrogen-bond acceptors (Lipinski definition) is 5. The van der Waals surface area contributed by atoms with Crippen LogP contribution in [0.25, 0.3) is 0 Å². The van der Waals surface area contributed by atoms with Gasteiger partial charge in [-0.25, -0.2) is 8.42 Å². The molecule has 0 aromatic heterocycles. The van der Waals surface area contributed by atoms with E-state index in [9.17, 15) is 18.6 Å². The van der Waals surface area contributed by atoms with Gasteiger partial charge in [0.2, 0.25) is 0 Å². The molecule has 0 saturated heterocycles. The zero-order chi connectivity index (χ0) is 23.1. The first kappa shape index (κ1) is 22.3. The number of nitrogens with zero attached hydrogens (tertiary/aromatic N) is 1. The van der Waals surface area contributed by atoms with E-state index >= 15 is 0 Å². The Labute approximate surface area is 188 Å². The minimum atomic E-state index is -3.84. The lowest BCUT2D eigenvalue weighted by Gasteiger charge is -2.40. The summed E-state index contributed by atoms with van der Waals surface area (Å²) in [4.78, 5) is 0.199. The predicted molar refractivity (Wildman–Crippen MR) is 123 cm³/mol. The molecule has 0 radical (unpaired) electrons. The number of para-hydroxylation sites is 1. The fourth-order valence-electron chi connectivity index (χ4n) is 3.83. The van der Waals surface area contributed by atoms with Crippen LogP contribution in [-0.4, -0.2) is 30.3 Å². The van der Waals surface area contributed by atoms with E-state index in [0.717, 1.165) is 5.56 Å². The van der Waals surface area contributed by atoms with Gasteiger partial charge >= 0.3 is 0 Å². The van der Waals surface area contributed by atoms with E-state index in [4.69, 9.17) is 4.74 Å². The summed E-state index contributed by atoms with van der Waals surface area (Å²) in [6.07, 6.45) is -2.24. The molecule has 0 saturated carbocycles. The minimum Gasteiger partial charge on any atom is -0.485 e. The van der Waals surface area contributed by atoms with Gasteiger partial charge in [-0.15, -0.1) is 0 Å². The monoisotopic (exact) mass is 453 g/mol. The van der Waals surface area contributed by atoms with Crippen molar-refractivity contribution >= 4 is 15.7 Å². The van der Waals surface area contributed by atoms with Gasteiger partial charge in [-0.05, 0) is 62.7 Å². The molecular weight excluding hydrogens is 426 g/mol. The normalized spacial score (nSPS) is 19.7. The van der Waals surface area contributed by atoms with Crippen molar-refractivity contribution in [2.24, 2.45) is 0 Å². The largest absolute Gasteiger partial charge is 0.485 e. The molecule has 0 spiro atoms. The molecule has 4 rings (SSSR count). The van der Waals surface area contributed by atoms with Crippen molar-refractivity contribution in [3.05, 3.63) is 89.5 Å². The molecule has 2 N–H and O–H groups in total. The number of hydrogen-bond donors (Lipinski definition) is 2. The van der Waals surface area contributed by atoms with Crippen LogP contribution in [0.15, 0.2) is 77.7 Å². The van der Waals surface area contributed by atoms with Gasteiger partial charge in [0.05, 0.1) is 17.1 Å². The summed E-state index contributed by atoms with van der Waals surface area (Å²) in [7, 11) is -3.84. The Morgan fingerprint density at radius 1 is 0.969 bits per heavy atom. The fraction of sp³-hybridized carbons (Fsp3) is 0.280. The third-order valence-electron chi connectivity index (χ3n) is 5.76. The summed E-state index contributed by atoms with van der Waals surface area (Å²) in [5.41, 5.74) is 1.68. The van der Waals surface area contributed by atoms with Gasteiger partial charge in [0, 0.05) is 5.56 Å². The molecule has 7 heteroatoms. The second-order valence-electron chi connectivity index (χ2n) is 8.63. The highest BCUT2D eigenvalue weighted by Gasteiger charge is 2.42. The molecular formula is C25H27NO5S. The van der Waals surface area contributed by atoms with E-state index in [-0.39, 0.29) is 11.4 Å². The van der Waals surface area contributed by atoms with Crippen molar-refractivity contribution in [2.75, 3.05) is 4.31 Å². The first-order valence-electron chi connectivity index (χ1n) is 10.4. The molecule has 6 nitrogen and oxygen atoms in total. The number of sulfonamides is 1. The van der Waals surface area contributed by atoms with Gasteiger partial charge in [0.15, 0.2) is 0 Å². The molecule has 0 unspecified atom stereocenters. The summed E-state index contributed by atoms with van der Waals surface area (Å²) in [6, 6.07) is 20.8. The Morgan fingerprint density at radius 3 is 2.28 bits per heavy atom. The van der Waals surface area contributed by atoms with Crippen LogP contribution in [0.3, 0.4) is 0 Å². The number of anilines is 1. The first-order chi connectivity index (χ1) is 15.1. The molecule has 1 heterocycles. The van der Waals surface area contributed by atoms with Crippen molar-refractivity contribution in [3.63, 3.8) is 0 Å². The molecule has 32 heavy (non-hydrogen) atoms. The van der Waals surface area contributed by atoms with Crippen molar-refractivity contribution in [1.29, 1.82) is 0 Å². The van der Waals surface area contributed by atoms with E-state index in [1.54, 1.807) is 80.6 Å². The van der Waals surface area contributed by atoms with Crippen LogP contribution in [-0.2, 0) is 16.6 Å². The summed E-state index contributed by atoms with van der Waals surface area (Å²) in [5.74, 6) is 0.476. The number of aliphatic hydroxyl groups is 2. The van der Waals surface area contributed by atoms with Crippen LogP contribution < -0.4 is 9.04 Å². The number of benzene rings is 3. The molecule has 0 bridgehead atoms. The van der Waals surface area contributed by atoms with Gasteiger partial charge in [0.1, 0.15) is 23.6 Å². The SMILES string of the molecule is Cc1ccc(S(=O)(=O)N(Cc2ccc3c(c2)[C@H](O)[C@@H](O)C(C)(C)O3)c2ccccc2)cc1. The van der Waals surface area contributed by atoms with E-state index in [1.807, 2.05) is 13.0 Å². The lowest BCUT2D eigenvalue weighted by Crippen LogP contribution is -2.48. The second kappa shape index (κ2) is 8.24. The number of aliphatic hydroxyl groups excluding tert-OH is 2. The van der Waals surface area contributed by atoms with Gasteiger partial charge in [-0.1, -0.05) is 42.0 Å². The van der Waals surface area contributed by atoms with Crippen LogP contribution in [0, 0.1) is 6.92 Å². The van der Waals surface area contributed by atoms with E-state index < -0.39 is 27.8 Å². The maximum absolute atomic E-state index is 13.6. The highest BCUT2D eigenvalue weighted by Crippen LogP contribution is 2.40. The first-order valence-corrected chi connectivity index (χ1v) is 11.9. The fourth-order valence-corrected chi connectivity index (χ4v) is 5.28. The summed E-state index contributed by atoms with van der Waals surface area (Å²) < 4.78 is 34.3. The molecule has 168 valence electrons. The molecule has 1 aliphatic rings. The van der Waals surface area contributed by atoms with E-state index in [0.29, 0.717) is 22.6 Å². The average molecular weight is 454 g/mol. The zero-order valence-corrected chi connectivity index (χ0v) is 19.1. The summed E-state index contributed by atoms with van der Waals surface area (Å²) in [6.45, 7) is 5.38. The van der Waals surface area contributed by atoms with Gasteiger partial charge in [-0.3, -0.25) is 4.31 Å². The van der Waals surface area contributed by atoms with Crippen molar-refractivity contribution in [1.82, 2.24) is 0 Å². The Hall–Kier alpha value is -2.87. The van der Waals surface area contributed by atoms with Crippen LogP contribution >= 0.6 is 0 Å². The molecule has 0 aliphatic carbocycles. The maximum atomic E-state index is 13.6. The Morgan fingerprint density at radius 2 is 1.62 bits per heavy atom. The number of ether oxygens (including phenoxy) is 1. The second-order valence-corrected chi connectivity index (χ2v) is 10.5. The predicted octanol–water partition coefficient (Wildman–Crippen LogP) is 3.96. The average Bonchev–Trinajstić information content (AvgIpc) is 2.77. The molecule has 0 fully saturated rings. The van der Waals surface area contributed by atoms with Gasteiger partial charge in [0.25, 0.3) is 10.0 Å². The standard InChI is InChI=1S/C25H27NO5S/c1-17-9-12-20(13-10-17)32(29,30)26(19-7-5-4-6-8-19)16-18-11-14-22-21(15-18)23(27)24(28)25(2,3)31-22/h4-15,23-24,27-28H,16H2,1-3H3/t23-,24+/m0/s1. The maximum Gasteiger partial charge on any atom is 0.264 e. The van der Waals surface area contributed by atoms with Crippen LogP contribution in [0.2, 0.25) is 0 Å². The van der Waals surface area contributed by atoms with Crippen molar-refractivity contribution in [2.45, 2.75) is 50.0 Å². The Balaban J connectivity index is 1.74. The lowest BCUT2D eigenvalue weighted by molar-refractivity contribution is -0.111. The summed E-state index contributed by atoms with van der Waals surface area (Å²) >= 11 is 0. The minimum absolute atomic E-state index is 0.0553. The van der Waals surface area contributed by atoms with E-state index in [1.165, 1.54) is 4.31 Å². The highest BCUT2D eigenvalue weighted by molar-refractivity contribution is 7.92. The number of aryl methyl sites for hydroxylation is 1. The lowest BCUT2D eigenvalue weighted by atomic mass is 9.88. The van der Waals surface area contributed by atoms with Gasteiger partial charge in [-0.2, -0.15) is 0 Å². The smallest absolute Gasteiger partial charge is 0.264 e. The quantitative estimate of drug-likeness (QED) is 0.611. The third-order valence-corrected chi connectivity index (χ3v) is 7.54. The van der Waals surface area contributed by atoms with Crippen LogP contribution in [0.4, 0.5) is 5.69 Å².